The third kappa shape index (κ3) is 3.43. The lowest BCUT2D eigenvalue weighted by Gasteiger charge is -2.28. The van der Waals surface area contributed by atoms with Crippen molar-refractivity contribution in [2.45, 2.75) is 31.7 Å². The molecular weight excluding hydrogens is 238 g/mol. The molecule has 1 N–H and O–H groups in total. The molecule has 0 aromatic carbocycles. The van der Waals surface area contributed by atoms with E-state index < -0.39 is 5.54 Å². The standard InChI is InChI=1S/C12H14ClN3O/c1-8(13)12(2,3)16-11(17)10-5-4-9(6-14)7-15-10/h4-5,7-8H,1-3H3,(H,16,17). The Bertz CT molecular complexity index is 446. The van der Waals surface area contributed by atoms with E-state index in [1.165, 1.54) is 12.3 Å². The Balaban J connectivity index is 2.81. The molecule has 5 heteroatoms. The molecule has 1 amide bonds. The molecule has 0 aliphatic carbocycles. The van der Waals surface area contributed by atoms with Gasteiger partial charge in [0.2, 0.25) is 0 Å². The Hall–Kier alpha value is -1.60. The largest absolute Gasteiger partial charge is 0.344 e. The zero-order chi connectivity index (χ0) is 13.1. The number of rotatable bonds is 3. The molecule has 17 heavy (non-hydrogen) atoms. The Kier molecular flexibility index (Phi) is 4.08. The number of carbonyl (C=O) groups excluding carboxylic acids is 1. The summed E-state index contributed by atoms with van der Waals surface area (Å²) in [6.45, 7) is 5.49. The highest BCUT2D eigenvalue weighted by atomic mass is 35.5. The van der Waals surface area contributed by atoms with E-state index in [0.29, 0.717) is 5.56 Å². The van der Waals surface area contributed by atoms with E-state index in [1.807, 2.05) is 26.8 Å². The third-order valence-electron chi connectivity index (χ3n) is 2.56. The zero-order valence-electron chi connectivity index (χ0n) is 9.99. The summed E-state index contributed by atoms with van der Waals surface area (Å²) in [7, 11) is 0. The first-order valence-electron chi connectivity index (χ1n) is 5.19. The van der Waals surface area contributed by atoms with Crippen molar-refractivity contribution >= 4 is 17.5 Å². The van der Waals surface area contributed by atoms with Gasteiger partial charge in [-0.05, 0) is 32.9 Å². The van der Waals surface area contributed by atoms with Gasteiger partial charge in [0.15, 0.2) is 0 Å². The van der Waals surface area contributed by atoms with Crippen LogP contribution in [0.1, 0.15) is 36.8 Å². The molecule has 1 aromatic rings. The summed E-state index contributed by atoms with van der Waals surface area (Å²) in [5.74, 6) is -0.299. The summed E-state index contributed by atoms with van der Waals surface area (Å²) in [5.41, 5.74) is 0.176. The highest BCUT2D eigenvalue weighted by Gasteiger charge is 2.26. The number of amides is 1. The Morgan fingerprint density at radius 1 is 1.59 bits per heavy atom. The number of pyridine rings is 1. The molecule has 1 rings (SSSR count). The lowest BCUT2D eigenvalue weighted by Crippen LogP contribution is -2.49. The molecule has 1 aromatic heterocycles. The number of hydrogen-bond donors (Lipinski definition) is 1. The van der Waals surface area contributed by atoms with Crippen LogP contribution >= 0.6 is 11.6 Å². The fourth-order valence-corrected chi connectivity index (χ4v) is 1.10. The molecule has 1 atom stereocenters. The highest BCUT2D eigenvalue weighted by Crippen LogP contribution is 2.15. The van der Waals surface area contributed by atoms with Crippen molar-refractivity contribution < 1.29 is 4.79 Å². The van der Waals surface area contributed by atoms with Crippen LogP contribution in [0.2, 0.25) is 0 Å². The molecule has 0 bridgehead atoms. The first kappa shape index (κ1) is 13.5. The average Bonchev–Trinajstić information content (AvgIpc) is 2.28. The van der Waals surface area contributed by atoms with Gasteiger partial charge in [-0.15, -0.1) is 11.6 Å². The minimum absolute atomic E-state index is 0.204. The van der Waals surface area contributed by atoms with Gasteiger partial charge in [0.25, 0.3) is 5.91 Å². The monoisotopic (exact) mass is 251 g/mol. The van der Waals surface area contributed by atoms with E-state index in [-0.39, 0.29) is 17.0 Å². The third-order valence-corrected chi connectivity index (χ3v) is 3.10. The maximum absolute atomic E-state index is 11.8. The first-order chi connectivity index (χ1) is 7.86. The van der Waals surface area contributed by atoms with E-state index in [2.05, 4.69) is 10.3 Å². The van der Waals surface area contributed by atoms with E-state index >= 15 is 0 Å². The molecular formula is C12H14ClN3O. The Labute approximate surface area is 106 Å². The first-order valence-corrected chi connectivity index (χ1v) is 5.63. The second kappa shape index (κ2) is 5.15. The summed E-state index contributed by atoms with van der Waals surface area (Å²) in [5, 5.41) is 11.2. The van der Waals surface area contributed by atoms with Crippen LogP contribution in [-0.2, 0) is 0 Å². The fourth-order valence-electron chi connectivity index (χ4n) is 1.05. The van der Waals surface area contributed by atoms with Crippen LogP contribution in [0.15, 0.2) is 18.3 Å². The van der Waals surface area contributed by atoms with Crippen LogP contribution < -0.4 is 5.32 Å². The van der Waals surface area contributed by atoms with Crippen molar-refractivity contribution in [3.63, 3.8) is 0 Å². The summed E-state index contributed by atoms with van der Waals surface area (Å²) >= 11 is 5.97. The van der Waals surface area contributed by atoms with Crippen LogP contribution in [-0.4, -0.2) is 21.8 Å². The van der Waals surface area contributed by atoms with Gasteiger partial charge in [0.1, 0.15) is 11.8 Å². The lowest BCUT2D eigenvalue weighted by atomic mass is 10.0. The van der Waals surface area contributed by atoms with Gasteiger partial charge in [-0.3, -0.25) is 4.79 Å². The van der Waals surface area contributed by atoms with Crippen molar-refractivity contribution in [2.75, 3.05) is 0 Å². The molecule has 0 saturated heterocycles. The molecule has 0 radical (unpaired) electrons. The van der Waals surface area contributed by atoms with Crippen molar-refractivity contribution in [3.8, 4) is 6.07 Å². The van der Waals surface area contributed by atoms with Gasteiger partial charge in [-0.2, -0.15) is 5.26 Å². The number of nitrogens with one attached hydrogen (secondary N) is 1. The molecule has 4 nitrogen and oxygen atoms in total. The number of hydrogen-bond acceptors (Lipinski definition) is 3. The predicted octanol–water partition coefficient (Wildman–Crippen LogP) is 2.09. The fraction of sp³-hybridized carbons (Fsp3) is 0.417. The van der Waals surface area contributed by atoms with Gasteiger partial charge in [0.05, 0.1) is 16.5 Å². The summed E-state index contributed by atoms with van der Waals surface area (Å²) in [6.07, 6.45) is 1.37. The van der Waals surface area contributed by atoms with Crippen LogP contribution in [0.25, 0.3) is 0 Å². The quantitative estimate of drug-likeness (QED) is 0.837. The highest BCUT2D eigenvalue weighted by molar-refractivity contribution is 6.21. The van der Waals surface area contributed by atoms with Gasteiger partial charge >= 0.3 is 0 Å². The molecule has 0 saturated carbocycles. The topological polar surface area (TPSA) is 65.8 Å². The van der Waals surface area contributed by atoms with E-state index in [0.717, 1.165) is 0 Å². The average molecular weight is 252 g/mol. The minimum atomic E-state index is -0.520. The second-order valence-corrected chi connectivity index (χ2v) is 4.99. The van der Waals surface area contributed by atoms with Gasteiger partial charge in [-0.1, -0.05) is 0 Å². The number of carbonyl (C=O) groups is 1. The molecule has 0 aliphatic heterocycles. The van der Waals surface area contributed by atoms with Crippen molar-refractivity contribution in [3.05, 3.63) is 29.6 Å². The predicted molar refractivity (Wildman–Crippen MR) is 65.8 cm³/mol. The molecule has 0 fully saturated rings. The molecule has 90 valence electrons. The van der Waals surface area contributed by atoms with E-state index in [4.69, 9.17) is 16.9 Å². The van der Waals surface area contributed by atoms with Crippen LogP contribution in [0.5, 0.6) is 0 Å². The zero-order valence-corrected chi connectivity index (χ0v) is 10.7. The maximum atomic E-state index is 11.8. The van der Waals surface area contributed by atoms with Gasteiger partial charge in [0, 0.05) is 6.20 Å². The lowest BCUT2D eigenvalue weighted by molar-refractivity contribution is 0.0907. The number of alkyl halides is 1. The smallest absolute Gasteiger partial charge is 0.270 e. The minimum Gasteiger partial charge on any atom is -0.344 e. The van der Waals surface area contributed by atoms with Gasteiger partial charge < -0.3 is 5.32 Å². The summed E-state index contributed by atoms with van der Waals surface area (Å²) < 4.78 is 0. The summed E-state index contributed by atoms with van der Waals surface area (Å²) in [6, 6.07) is 5.02. The van der Waals surface area contributed by atoms with Crippen molar-refractivity contribution in [2.24, 2.45) is 0 Å². The van der Waals surface area contributed by atoms with Crippen LogP contribution in [0, 0.1) is 11.3 Å². The van der Waals surface area contributed by atoms with Crippen LogP contribution in [0.4, 0.5) is 0 Å². The Morgan fingerprint density at radius 2 is 2.24 bits per heavy atom. The number of aromatic nitrogens is 1. The SMILES string of the molecule is CC(Cl)C(C)(C)NC(=O)c1ccc(C#N)cn1. The molecule has 1 unspecified atom stereocenters. The normalized spacial score (nSPS) is 12.6. The number of nitrogens with zero attached hydrogens (tertiary/aromatic N) is 2. The Morgan fingerprint density at radius 3 is 2.65 bits per heavy atom. The van der Waals surface area contributed by atoms with Crippen molar-refractivity contribution in [1.82, 2.24) is 10.3 Å². The molecule has 0 spiro atoms. The van der Waals surface area contributed by atoms with Crippen LogP contribution in [0.3, 0.4) is 0 Å². The van der Waals surface area contributed by atoms with E-state index in [1.54, 1.807) is 6.07 Å². The maximum Gasteiger partial charge on any atom is 0.270 e. The number of halogens is 1. The second-order valence-electron chi connectivity index (χ2n) is 4.34. The summed E-state index contributed by atoms with van der Waals surface area (Å²) in [4.78, 5) is 15.8. The molecule has 0 aliphatic rings. The van der Waals surface area contributed by atoms with Crippen molar-refractivity contribution in [1.29, 1.82) is 5.26 Å². The van der Waals surface area contributed by atoms with E-state index in [9.17, 15) is 4.79 Å². The number of nitriles is 1. The van der Waals surface area contributed by atoms with Gasteiger partial charge in [-0.25, -0.2) is 4.98 Å². The molecule has 1 heterocycles.